The lowest BCUT2D eigenvalue weighted by Crippen LogP contribution is -2.58. The molecule has 2 bridgehead atoms. The van der Waals surface area contributed by atoms with Gasteiger partial charge in [-0.05, 0) is 45.4 Å². The van der Waals surface area contributed by atoms with Gasteiger partial charge in [-0.3, -0.25) is 14.4 Å². The maximum absolute atomic E-state index is 14.4. The number of aliphatic hydroxyl groups excluding tert-OH is 1. The van der Waals surface area contributed by atoms with Crippen molar-refractivity contribution in [3.8, 4) is 0 Å². The van der Waals surface area contributed by atoms with Crippen LogP contribution in [0.1, 0.15) is 65.7 Å². The molecule has 3 fully saturated rings. The summed E-state index contributed by atoms with van der Waals surface area (Å²) in [7, 11) is 0. The molecule has 3 saturated heterocycles. The van der Waals surface area contributed by atoms with E-state index in [1.54, 1.807) is 22.0 Å². The third-order valence-electron chi connectivity index (χ3n) is 8.37. The fourth-order valence-corrected chi connectivity index (χ4v) is 7.73. The second-order valence-corrected chi connectivity index (χ2v) is 12.1. The lowest BCUT2D eigenvalue weighted by atomic mass is 9.70. The molecule has 0 aliphatic carbocycles. The molecule has 0 aromatic rings. The Bertz CT molecular complexity index is 884. The van der Waals surface area contributed by atoms with E-state index < -0.39 is 29.6 Å². The van der Waals surface area contributed by atoms with Gasteiger partial charge < -0.3 is 24.5 Å². The normalized spacial score (nSPS) is 30.3. The molecule has 214 valence electrons. The second-order valence-electron chi connectivity index (χ2n) is 11.0. The van der Waals surface area contributed by atoms with Crippen LogP contribution < -0.4 is 0 Å². The van der Waals surface area contributed by atoms with Crippen molar-refractivity contribution in [1.82, 2.24) is 14.7 Å². The quantitative estimate of drug-likeness (QED) is 0.167. The number of aliphatic hydroxyl groups is 1. The summed E-state index contributed by atoms with van der Waals surface area (Å²) in [6.07, 6.45) is 8.10. The highest BCUT2D eigenvalue weighted by Crippen LogP contribution is 2.60. The lowest BCUT2D eigenvalue weighted by Gasteiger charge is -2.39. The smallest absolute Gasteiger partial charge is 0.248 e. The van der Waals surface area contributed by atoms with Crippen LogP contribution in [0.3, 0.4) is 0 Å². The highest BCUT2D eigenvalue weighted by atomic mass is 79.9. The highest BCUT2D eigenvalue weighted by molar-refractivity contribution is 9.09. The maximum atomic E-state index is 14.4. The molecule has 7 atom stereocenters. The molecule has 0 radical (unpaired) electrons. The van der Waals surface area contributed by atoms with Gasteiger partial charge in [0.05, 0.1) is 17.9 Å². The summed E-state index contributed by atoms with van der Waals surface area (Å²) >= 11 is 3.76. The number of likely N-dealkylation sites (tertiary alicyclic amines) is 1. The van der Waals surface area contributed by atoms with E-state index in [4.69, 9.17) is 4.74 Å². The molecule has 3 amide bonds. The zero-order valence-electron chi connectivity index (χ0n) is 23.3. The summed E-state index contributed by atoms with van der Waals surface area (Å²) in [5.74, 6) is -1.74. The summed E-state index contributed by atoms with van der Waals surface area (Å²) in [6.45, 7) is 15.7. The van der Waals surface area contributed by atoms with Crippen LogP contribution in [-0.4, -0.2) is 98.9 Å². The van der Waals surface area contributed by atoms with Crippen LogP contribution >= 0.6 is 15.9 Å². The molecule has 0 saturated carbocycles. The van der Waals surface area contributed by atoms with Gasteiger partial charge >= 0.3 is 0 Å². The average molecular weight is 597 g/mol. The van der Waals surface area contributed by atoms with Crippen LogP contribution in [0.5, 0.6) is 0 Å². The number of rotatable bonds is 16. The van der Waals surface area contributed by atoms with E-state index in [0.717, 1.165) is 25.7 Å². The molecular weight excluding hydrogens is 550 g/mol. The lowest BCUT2D eigenvalue weighted by molar-refractivity contribution is -0.150. The van der Waals surface area contributed by atoms with E-state index in [9.17, 15) is 19.5 Å². The number of nitrogens with zero attached hydrogens (tertiary/aromatic N) is 3. The second kappa shape index (κ2) is 13.6. The first kappa shape index (κ1) is 30.8. The van der Waals surface area contributed by atoms with Gasteiger partial charge in [0.2, 0.25) is 17.7 Å². The van der Waals surface area contributed by atoms with Crippen molar-refractivity contribution in [2.45, 2.75) is 94.3 Å². The number of fused-ring (bicyclic) bond motifs is 1. The largest absolute Gasteiger partial charge is 0.396 e. The predicted molar refractivity (Wildman–Crippen MR) is 152 cm³/mol. The van der Waals surface area contributed by atoms with Crippen molar-refractivity contribution < 1.29 is 24.2 Å². The van der Waals surface area contributed by atoms with Crippen molar-refractivity contribution in [1.29, 1.82) is 0 Å². The third kappa shape index (κ3) is 5.61. The monoisotopic (exact) mass is 595 g/mol. The molecule has 3 rings (SSSR count). The number of carbonyl (C=O) groups is 3. The van der Waals surface area contributed by atoms with Crippen LogP contribution in [0.4, 0.5) is 0 Å². The van der Waals surface area contributed by atoms with E-state index in [2.05, 4.69) is 36.0 Å². The van der Waals surface area contributed by atoms with Gasteiger partial charge in [-0.25, -0.2) is 0 Å². The van der Waals surface area contributed by atoms with Gasteiger partial charge in [0.15, 0.2) is 0 Å². The fraction of sp³-hybridized carbons (Fsp3) is 0.759. The highest BCUT2D eigenvalue weighted by Gasteiger charge is 2.76. The van der Waals surface area contributed by atoms with Crippen LogP contribution in [-0.2, 0) is 19.1 Å². The molecule has 1 spiro atoms. The van der Waals surface area contributed by atoms with Crippen molar-refractivity contribution in [3.05, 3.63) is 25.3 Å². The summed E-state index contributed by atoms with van der Waals surface area (Å²) in [6, 6.07) is -0.814. The Kier molecular flexibility index (Phi) is 11.0. The number of halogens is 1. The van der Waals surface area contributed by atoms with E-state index in [0.29, 0.717) is 45.4 Å². The molecule has 0 aromatic carbocycles. The molecule has 1 N–H and O–H groups in total. The summed E-state index contributed by atoms with van der Waals surface area (Å²) in [5, 5.41) is 9.25. The first-order valence-electron chi connectivity index (χ1n) is 14.3. The van der Waals surface area contributed by atoms with Gasteiger partial charge in [-0.15, -0.1) is 13.2 Å². The Morgan fingerprint density at radius 3 is 2.50 bits per heavy atom. The molecule has 38 heavy (non-hydrogen) atoms. The van der Waals surface area contributed by atoms with Crippen molar-refractivity contribution in [2.24, 2.45) is 11.8 Å². The molecule has 4 unspecified atom stereocenters. The van der Waals surface area contributed by atoms with Crippen LogP contribution in [0, 0.1) is 11.8 Å². The fourth-order valence-electron chi connectivity index (χ4n) is 6.79. The number of carbonyl (C=O) groups excluding carboxylic acids is 3. The Morgan fingerprint density at radius 2 is 1.89 bits per heavy atom. The van der Waals surface area contributed by atoms with Gasteiger partial charge in [0.1, 0.15) is 11.6 Å². The summed E-state index contributed by atoms with van der Waals surface area (Å²) in [4.78, 5) is 47.6. The van der Waals surface area contributed by atoms with Crippen molar-refractivity contribution in [2.75, 3.05) is 32.8 Å². The predicted octanol–water partition coefficient (Wildman–Crippen LogP) is 3.52. The Hall–Kier alpha value is -1.71. The summed E-state index contributed by atoms with van der Waals surface area (Å²) < 4.78 is 6.67. The minimum absolute atomic E-state index is 0.0178. The molecule has 8 nitrogen and oxygen atoms in total. The first-order chi connectivity index (χ1) is 18.2. The number of amides is 3. The van der Waals surface area contributed by atoms with Crippen molar-refractivity contribution >= 4 is 33.7 Å². The summed E-state index contributed by atoms with van der Waals surface area (Å²) in [5.41, 5.74) is -1.05. The number of hydrogen-bond acceptors (Lipinski definition) is 5. The Morgan fingerprint density at radius 1 is 1.18 bits per heavy atom. The minimum atomic E-state index is -1.05. The van der Waals surface area contributed by atoms with Crippen LogP contribution in [0.15, 0.2) is 25.3 Å². The molecular formula is C29H46BrN3O5. The minimum Gasteiger partial charge on any atom is -0.396 e. The number of ether oxygens (including phenoxy) is 1. The van der Waals surface area contributed by atoms with Crippen molar-refractivity contribution in [3.63, 3.8) is 0 Å². The van der Waals surface area contributed by atoms with Crippen LogP contribution in [0.2, 0.25) is 0 Å². The topological polar surface area (TPSA) is 90.4 Å². The molecule has 9 heteroatoms. The molecule has 0 aromatic heterocycles. The van der Waals surface area contributed by atoms with Gasteiger partial charge in [-0.1, -0.05) is 48.4 Å². The third-order valence-corrected chi connectivity index (χ3v) is 9.21. The maximum Gasteiger partial charge on any atom is 0.248 e. The Labute approximate surface area is 236 Å². The number of alkyl halides is 1. The standard InChI is InChI=1S/C29H46BrN3O5/c1-6-13-20(5)32(16-9-4)28(37)25-29-19-21(30)24(38-29)22(26(35)31(14-7-2)15-8-3)23(29)27(36)33(25)17-11-10-12-18-34/h7,9,20-25,34H,2,4,6,8,10-19H2,1,3,5H3/t20?,21?,22-,23-,24-,25?,29?/m0/s1. The van der Waals surface area contributed by atoms with Crippen LogP contribution in [0.25, 0.3) is 0 Å². The van der Waals surface area contributed by atoms with Gasteiger partial charge in [0.25, 0.3) is 0 Å². The zero-order chi connectivity index (χ0) is 28.0. The molecule has 3 aliphatic rings. The van der Waals surface area contributed by atoms with Gasteiger partial charge in [0, 0.05) is 43.7 Å². The van der Waals surface area contributed by atoms with Gasteiger partial charge in [-0.2, -0.15) is 0 Å². The SMILES string of the molecule is C=CCN(CCC)C(=O)[C@H]1[C@H]2C(=O)N(CCCCCO)C(C(=O)N(CC=C)C(C)CCC)C23CC(Br)[C@@H]1O3. The van der Waals surface area contributed by atoms with E-state index in [1.165, 1.54) is 0 Å². The number of hydrogen-bond donors (Lipinski definition) is 1. The Balaban J connectivity index is 2.04. The average Bonchev–Trinajstić information content (AvgIpc) is 3.47. The van der Waals surface area contributed by atoms with E-state index in [1.807, 2.05) is 18.7 Å². The van der Waals surface area contributed by atoms with E-state index in [-0.39, 0.29) is 35.2 Å². The first-order valence-corrected chi connectivity index (χ1v) is 15.2. The van der Waals surface area contributed by atoms with E-state index >= 15 is 0 Å². The molecule has 3 heterocycles. The zero-order valence-corrected chi connectivity index (χ0v) is 24.9. The number of unbranched alkanes of at least 4 members (excludes halogenated alkanes) is 2. The molecule has 3 aliphatic heterocycles.